The van der Waals surface area contributed by atoms with E-state index in [1.165, 1.54) is 6.07 Å². The van der Waals surface area contributed by atoms with Crippen molar-refractivity contribution in [1.82, 2.24) is 19.1 Å². The number of nitrogens with zero attached hydrogens (tertiary/aromatic N) is 3. The van der Waals surface area contributed by atoms with E-state index in [1.807, 2.05) is 0 Å². The number of piperazine rings is 1. The van der Waals surface area contributed by atoms with Crippen molar-refractivity contribution in [2.24, 2.45) is 13.0 Å². The minimum Gasteiger partial charge on any atom is -0.345 e. The summed E-state index contributed by atoms with van der Waals surface area (Å²) in [5.74, 6) is 0.270. The molecule has 0 bridgehead atoms. The third-order valence-electron chi connectivity index (χ3n) is 4.86. The maximum Gasteiger partial charge on any atom is 0.270 e. The van der Waals surface area contributed by atoms with E-state index >= 15 is 0 Å². The zero-order valence-corrected chi connectivity index (χ0v) is 16.4. The summed E-state index contributed by atoms with van der Waals surface area (Å²) in [5.41, 5.74) is 0.431. The number of amides is 1. The normalized spacial score (nSPS) is 22.5. The van der Waals surface area contributed by atoms with Crippen molar-refractivity contribution < 1.29 is 13.2 Å². The molecule has 3 heterocycles. The van der Waals surface area contributed by atoms with Crippen LogP contribution < -0.4 is 5.32 Å². The molecule has 1 N–H and O–H groups in total. The number of piperidine rings is 1. The van der Waals surface area contributed by atoms with E-state index in [4.69, 9.17) is 0 Å². The molecule has 1 unspecified atom stereocenters. The first-order valence-corrected chi connectivity index (χ1v) is 10.00. The molecule has 1 aromatic heterocycles. The molecule has 1 atom stereocenters. The van der Waals surface area contributed by atoms with Gasteiger partial charge in [0.15, 0.2) is 0 Å². The van der Waals surface area contributed by atoms with Crippen LogP contribution in [0.4, 0.5) is 0 Å². The quantitative estimate of drug-likeness (QED) is 0.832. The lowest BCUT2D eigenvalue weighted by Gasteiger charge is -2.29. The Kier molecular flexibility index (Phi) is 6.53. The van der Waals surface area contributed by atoms with Gasteiger partial charge in [-0.05, 0) is 24.8 Å². The molecule has 9 heteroatoms. The zero-order chi connectivity index (χ0) is 17.3. The second-order valence-electron chi connectivity index (χ2n) is 6.82. The molecule has 142 valence electrons. The number of carbonyl (C=O) groups is 1. The first-order chi connectivity index (χ1) is 11.4. The van der Waals surface area contributed by atoms with E-state index in [2.05, 4.69) is 12.2 Å². The van der Waals surface area contributed by atoms with Gasteiger partial charge in [0.05, 0.1) is 0 Å². The largest absolute Gasteiger partial charge is 0.345 e. The predicted molar refractivity (Wildman–Crippen MR) is 98.6 cm³/mol. The summed E-state index contributed by atoms with van der Waals surface area (Å²) >= 11 is 0. The SMILES string of the molecule is CC1CCCN(S(=O)(=O)c2cc(C(=O)N3CCNCC3)n(C)c2)C1.Cl. The predicted octanol–water partition coefficient (Wildman–Crippen LogP) is 0.913. The van der Waals surface area contributed by atoms with E-state index in [0.29, 0.717) is 37.8 Å². The van der Waals surface area contributed by atoms with Crippen LogP contribution in [0.25, 0.3) is 0 Å². The van der Waals surface area contributed by atoms with Crippen LogP contribution in [0.1, 0.15) is 30.3 Å². The van der Waals surface area contributed by atoms with Gasteiger partial charge in [-0.25, -0.2) is 8.42 Å². The molecule has 2 aliphatic heterocycles. The van der Waals surface area contributed by atoms with Crippen molar-refractivity contribution in [1.29, 1.82) is 0 Å². The molecule has 0 aliphatic carbocycles. The van der Waals surface area contributed by atoms with Crippen molar-refractivity contribution in [3.8, 4) is 0 Å². The molecule has 0 spiro atoms. The first-order valence-electron chi connectivity index (χ1n) is 8.56. The lowest BCUT2D eigenvalue weighted by atomic mass is 10.0. The van der Waals surface area contributed by atoms with E-state index in [9.17, 15) is 13.2 Å². The molecule has 7 nitrogen and oxygen atoms in total. The van der Waals surface area contributed by atoms with Gasteiger partial charge in [0.1, 0.15) is 10.6 Å². The van der Waals surface area contributed by atoms with E-state index < -0.39 is 10.0 Å². The fourth-order valence-electron chi connectivity index (χ4n) is 3.43. The lowest BCUT2D eigenvalue weighted by molar-refractivity contribution is 0.0726. The molecule has 1 aromatic rings. The number of hydrogen-bond donors (Lipinski definition) is 1. The first kappa shape index (κ1) is 20.2. The number of aromatic nitrogens is 1. The number of aryl methyl sites for hydroxylation is 1. The highest BCUT2D eigenvalue weighted by molar-refractivity contribution is 7.89. The molecule has 2 fully saturated rings. The molecular formula is C16H27ClN4O3S. The fourth-order valence-corrected chi connectivity index (χ4v) is 5.10. The van der Waals surface area contributed by atoms with Crippen LogP contribution in [0.2, 0.25) is 0 Å². The summed E-state index contributed by atoms with van der Waals surface area (Å²) in [7, 11) is -1.80. The standard InChI is InChI=1S/C16H26N4O3S.ClH/c1-13-4-3-7-20(11-13)24(22,23)14-10-15(18(2)12-14)16(21)19-8-5-17-6-9-19;/h10,12-13,17H,3-9,11H2,1-2H3;1H. The second-order valence-corrected chi connectivity index (χ2v) is 8.76. The minimum atomic E-state index is -3.53. The summed E-state index contributed by atoms with van der Waals surface area (Å²) in [6, 6.07) is 1.53. The average Bonchev–Trinajstić information content (AvgIpc) is 2.97. The molecule has 2 aliphatic rings. The van der Waals surface area contributed by atoms with Crippen molar-refractivity contribution in [3.63, 3.8) is 0 Å². The maximum absolute atomic E-state index is 12.9. The summed E-state index contributed by atoms with van der Waals surface area (Å²) < 4.78 is 28.9. The molecule has 0 saturated carbocycles. The summed E-state index contributed by atoms with van der Waals surface area (Å²) in [4.78, 5) is 14.6. The van der Waals surface area contributed by atoms with Crippen LogP contribution in [0.5, 0.6) is 0 Å². The Labute approximate surface area is 155 Å². The van der Waals surface area contributed by atoms with Gasteiger partial charge in [0.2, 0.25) is 10.0 Å². The van der Waals surface area contributed by atoms with Gasteiger partial charge < -0.3 is 14.8 Å². The highest BCUT2D eigenvalue weighted by Gasteiger charge is 2.31. The van der Waals surface area contributed by atoms with Gasteiger partial charge in [0.25, 0.3) is 5.91 Å². The highest BCUT2D eigenvalue weighted by Crippen LogP contribution is 2.25. The molecule has 3 rings (SSSR count). The number of nitrogens with one attached hydrogen (secondary N) is 1. The maximum atomic E-state index is 12.9. The number of rotatable bonds is 3. The van der Waals surface area contributed by atoms with Crippen molar-refractivity contribution in [2.45, 2.75) is 24.7 Å². The Morgan fingerprint density at radius 2 is 1.92 bits per heavy atom. The number of carbonyl (C=O) groups excluding carboxylic acids is 1. The van der Waals surface area contributed by atoms with Gasteiger partial charge in [-0.1, -0.05) is 6.92 Å². The smallest absolute Gasteiger partial charge is 0.270 e. The summed E-state index contributed by atoms with van der Waals surface area (Å²) in [6.07, 6.45) is 3.51. The van der Waals surface area contributed by atoms with Crippen LogP contribution in [0.3, 0.4) is 0 Å². The topological polar surface area (TPSA) is 74.7 Å². The Hall–Kier alpha value is -1.09. The third-order valence-corrected chi connectivity index (χ3v) is 6.69. The van der Waals surface area contributed by atoms with Crippen LogP contribution in [-0.2, 0) is 17.1 Å². The molecule has 25 heavy (non-hydrogen) atoms. The van der Waals surface area contributed by atoms with Gasteiger partial charge in [-0.2, -0.15) is 4.31 Å². The van der Waals surface area contributed by atoms with Crippen LogP contribution in [-0.4, -0.2) is 67.4 Å². The van der Waals surface area contributed by atoms with Gasteiger partial charge in [0, 0.05) is 52.5 Å². The van der Waals surface area contributed by atoms with E-state index in [-0.39, 0.29) is 23.2 Å². The van der Waals surface area contributed by atoms with E-state index in [0.717, 1.165) is 25.9 Å². The average molecular weight is 391 g/mol. The molecule has 1 amide bonds. The van der Waals surface area contributed by atoms with Crippen LogP contribution in [0.15, 0.2) is 17.2 Å². The minimum absolute atomic E-state index is 0. The number of hydrogen-bond acceptors (Lipinski definition) is 4. The van der Waals surface area contributed by atoms with Gasteiger partial charge in [-0.3, -0.25) is 4.79 Å². The molecule has 0 aromatic carbocycles. The Morgan fingerprint density at radius 3 is 2.56 bits per heavy atom. The zero-order valence-electron chi connectivity index (χ0n) is 14.8. The fraction of sp³-hybridized carbons (Fsp3) is 0.688. The lowest BCUT2D eigenvalue weighted by Crippen LogP contribution is -2.46. The van der Waals surface area contributed by atoms with Crippen molar-refractivity contribution in [2.75, 3.05) is 39.3 Å². The molecular weight excluding hydrogens is 364 g/mol. The summed E-state index contributed by atoms with van der Waals surface area (Å²) in [5, 5.41) is 3.21. The number of sulfonamides is 1. The number of halogens is 1. The molecule has 2 saturated heterocycles. The Bertz CT molecular complexity index is 713. The van der Waals surface area contributed by atoms with Crippen LogP contribution >= 0.6 is 12.4 Å². The Morgan fingerprint density at radius 1 is 1.24 bits per heavy atom. The van der Waals surface area contributed by atoms with Crippen LogP contribution in [0, 0.1) is 5.92 Å². The van der Waals surface area contributed by atoms with Gasteiger partial charge >= 0.3 is 0 Å². The highest BCUT2D eigenvalue weighted by atomic mass is 35.5. The van der Waals surface area contributed by atoms with Crippen molar-refractivity contribution in [3.05, 3.63) is 18.0 Å². The summed E-state index contributed by atoms with van der Waals surface area (Å²) in [6.45, 7) is 6.03. The second kappa shape index (κ2) is 8.07. The van der Waals surface area contributed by atoms with Crippen molar-refractivity contribution >= 4 is 28.3 Å². The monoisotopic (exact) mass is 390 g/mol. The van der Waals surface area contributed by atoms with Gasteiger partial charge in [-0.15, -0.1) is 12.4 Å². The molecule has 0 radical (unpaired) electrons. The third kappa shape index (κ3) is 4.19. The van der Waals surface area contributed by atoms with E-state index in [1.54, 1.807) is 27.0 Å². The Balaban J connectivity index is 0.00000225.